The monoisotopic (exact) mass is 349 g/mol. The molecule has 134 valence electrons. The average molecular weight is 349 g/mol. The number of benzene rings is 2. The molecular weight excluding hydrogens is 326 g/mol. The lowest BCUT2D eigenvalue weighted by Crippen LogP contribution is -2.25. The molecule has 1 saturated carbocycles. The van der Waals surface area contributed by atoms with E-state index in [9.17, 15) is 9.59 Å². The largest absolute Gasteiger partial charge is 0.423 e. The van der Waals surface area contributed by atoms with Gasteiger partial charge in [0.25, 0.3) is 5.91 Å². The van der Waals surface area contributed by atoms with Gasteiger partial charge in [-0.15, -0.1) is 0 Å². The van der Waals surface area contributed by atoms with Gasteiger partial charge < -0.3 is 10.1 Å². The lowest BCUT2D eigenvalue weighted by Gasteiger charge is -2.10. The summed E-state index contributed by atoms with van der Waals surface area (Å²) in [5, 5.41) is 2.95. The van der Waals surface area contributed by atoms with Crippen molar-refractivity contribution in [1.82, 2.24) is 5.32 Å². The molecule has 0 saturated heterocycles. The zero-order valence-electron chi connectivity index (χ0n) is 15.3. The van der Waals surface area contributed by atoms with Crippen molar-refractivity contribution in [2.24, 2.45) is 0 Å². The van der Waals surface area contributed by atoms with Gasteiger partial charge in [-0.1, -0.05) is 29.8 Å². The number of hydrogen-bond donors (Lipinski definition) is 1. The van der Waals surface area contributed by atoms with Crippen molar-refractivity contribution in [2.75, 3.05) is 0 Å². The smallest absolute Gasteiger partial charge is 0.336 e. The predicted octanol–water partition coefficient (Wildman–Crippen LogP) is 4.12. The summed E-state index contributed by atoms with van der Waals surface area (Å²) in [4.78, 5) is 24.1. The Labute approximate surface area is 153 Å². The van der Waals surface area contributed by atoms with E-state index in [1.54, 1.807) is 18.2 Å². The highest BCUT2D eigenvalue weighted by atomic mass is 16.5. The van der Waals surface area contributed by atoms with Gasteiger partial charge in [0.2, 0.25) is 0 Å². The number of hydrogen-bond acceptors (Lipinski definition) is 3. The highest BCUT2D eigenvalue weighted by Crippen LogP contribution is 2.25. The van der Waals surface area contributed by atoms with Gasteiger partial charge in [0.1, 0.15) is 5.75 Å². The van der Waals surface area contributed by atoms with Gasteiger partial charge in [-0.25, -0.2) is 4.79 Å². The summed E-state index contributed by atoms with van der Waals surface area (Å²) < 4.78 is 5.48. The molecule has 2 aromatic carbocycles. The SMILES string of the molecule is Cc1cc(C)c(OC(=O)/C=C/c2ccc(C(=O)NC3CC3)cc2)c(C)c1. The molecule has 1 aliphatic carbocycles. The molecule has 0 spiro atoms. The number of aryl methyl sites for hydroxylation is 3. The Morgan fingerprint density at radius 1 is 1.04 bits per heavy atom. The second kappa shape index (κ2) is 7.56. The molecule has 0 aromatic heterocycles. The second-order valence-electron chi connectivity index (χ2n) is 6.85. The first-order valence-corrected chi connectivity index (χ1v) is 8.81. The quantitative estimate of drug-likeness (QED) is 0.502. The van der Waals surface area contributed by atoms with Gasteiger partial charge >= 0.3 is 5.97 Å². The minimum atomic E-state index is -0.421. The van der Waals surface area contributed by atoms with Crippen LogP contribution in [0.1, 0.15) is 45.5 Å². The van der Waals surface area contributed by atoms with Crippen LogP contribution in [0, 0.1) is 20.8 Å². The molecule has 1 fully saturated rings. The Kier molecular flexibility index (Phi) is 5.21. The van der Waals surface area contributed by atoms with Crippen LogP contribution >= 0.6 is 0 Å². The molecule has 0 atom stereocenters. The van der Waals surface area contributed by atoms with Gasteiger partial charge in [-0.2, -0.15) is 0 Å². The number of amides is 1. The second-order valence-corrected chi connectivity index (χ2v) is 6.85. The lowest BCUT2D eigenvalue weighted by molar-refractivity contribution is -0.129. The van der Waals surface area contributed by atoms with Crippen LogP contribution in [0.2, 0.25) is 0 Å². The fourth-order valence-electron chi connectivity index (χ4n) is 2.87. The maximum absolute atomic E-state index is 12.1. The lowest BCUT2D eigenvalue weighted by atomic mass is 10.1. The summed E-state index contributed by atoms with van der Waals surface area (Å²) >= 11 is 0. The van der Waals surface area contributed by atoms with Crippen molar-refractivity contribution >= 4 is 18.0 Å². The van der Waals surface area contributed by atoms with Crippen LogP contribution in [-0.4, -0.2) is 17.9 Å². The maximum Gasteiger partial charge on any atom is 0.336 e. The van der Waals surface area contributed by atoms with Crippen LogP contribution < -0.4 is 10.1 Å². The molecule has 3 rings (SSSR count). The van der Waals surface area contributed by atoms with E-state index in [-0.39, 0.29) is 5.91 Å². The molecule has 0 unspecified atom stereocenters. The molecule has 1 amide bonds. The highest BCUT2D eigenvalue weighted by molar-refractivity contribution is 5.95. The Hall–Kier alpha value is -2.88. The van der Waals surface area contributed by atoms with Crippen molar-refractivity contribution < 1.29 is 14.3 Å². The first kappa shape index (κ1) is 17.9. The van der Waals surface area contributed by atoms with E-state index in [0.29, 0.717) is 17.4 Å². The Bertz CT molecular complexity index is 838. The van der Waals surface area contributed by atoms with Crippen molar-refractivity contribution in [3.63, 3.8) is 0 Å². The molecule has 4 nitrogen and oxygen atoms in total. The highest BCUT2D eigenvalue weighted by Gasteiger charge is 2.23. The van der Waals surface area contributed by atoms with Crippen LogP contribution in [0.3, 0.4) is 0 Å². The van der Waals surface area contributed by atoms with Crippen LogP contribution in [0.4, 0.5) is 0 Å². The summed E-state index contributed by atoms with van der Waals surface area (Å²) in [6, 6.07) is 11.5. The fraction of sp³-hybridized carbons (Fsp3) is 0.273. The average Bonchev–Trinajstić information content (AvgIpc) is 3.40. The van der Waals surface area contributed by atoms with Crippen molar-refractivity contribution in [2.45, 2.75) is 39.7 Å². The number of carbonyl (C=O) groups is 2. The van der Waals surface area contributed by atoms with E-state index in [0.717, 1.165) is 35.1 Å². The van der Waals surface area contributed by atoms with Gasteiger partial charge in [0, 0.05) is 17.7 Å². The van der Waals surface area contributed by atoms with Crippen LogP contribution in [0.5, 0.6) is 5.75 Å². The van der Waals surface area contributed by atoms with E-state index in [1.807, 2.05) is 45.0 Å². The van der Waals surface area contributed by atoms with E-state index in [4.69, 9.17) is 4.74 Å². The maximum atomic E-state index is 12.1. The van der Waals surface area contributed by atoms with Crippen molar-refractivity contribution in [3.05, 3.63) is 70.3 Å². The van der Waals surface area contributed by atoms with Crippen LogP contribution in [0.25, 0.3) is 6.08 Å². The first-order chi connectivity index (χ1) is 12.4. The zero-order chi connectivity index (χ0) is 18.7. The molecule has 0 aliphatic heterocycles. The van der Waals surface area contributed by atoms with Gasteiger partial charge in [0.05, 0.1) is 0 Å². The van der Waals surface area contributed by atoms with Gasteiger partial charge in [-0.05, 0) is 68.5 Å². The number of ether oxygens (including phenoxy) is 1. The number of carbonyl (C=O) groups excluding carboxylic acids is 2. The molecule has 1 N–H and O–H groups in total. The van der Waals surface area contributed by atoms with E-state index >= 15 is 0 Å². The minimum Gasteiger partial charge on any atom is -0.423 e. The van der Waals surface area contributed by atoms with Crippen LogP contribution in [-0.2, 0) is 4.79 Å². The number of esters is 1. The van der Waals surface area contributed by atoms with Crippen molar-refractivity contribution in [1.29, 1.82) is 0 Å². The summed E-state index contributed by atoms with van der Waals surface area (Å²) in [5.41, 5.74) is 4.48. The topological polar surface area (TPSA) is 55.4 Å². The predicted molar refractivity (Wildman–Crippen MR) is 102 cm³/mol. The number of rotatable bonds is 5. The number of nitrogens with one attached hydrogen (secondary N) is 1. The molecule has 26 heavy (non-hydrogen) atoms. The normalized spacial score (nSPS) is 13.7. The minimum absolute atomic E-state index is 0.0484. The summed E-state index contributed by atoms with van der Waals surface area (Å²) in [5.74, 6) is 0.140. The molecule has 2 aromatic rings. The zero-order valence-corrected chi connectivity index (χ0v) is 15.3. The third kappa shape index (κ3) is 4.60. The molecule has 0 heterocycles. The standard InChI is InChI=1S/C22H23NO3/c1-14-12-15(2)21(16(3)13-14)26-20(24)11-6-17-4-7-18(8-5-17)22(25)23-19-9-10-19/h4-8,11-13,19H,9-10H2,1-3H3,(H,23,25)/b11-6+. The molecule has 1 aliphatic rings. The molecule has 0 radical (unpaired) electrons. The Morgan fingerprint density at radius 2 is 1.65 bits per heavy atom. The van der Waals surface area contributed by atoms with Crippen LogP contribution in [0.15, 0.2) is 42.5 Å². The van der Waals surface area contributed by atoms with E-state index in [1.165, 1.54) is 6.08 Å². The molecular formula is C22H23NO3. The third-order valence-corrected chi connectivity index (χ3v) is 4.30. The van der Waals surface area contributed by atoms with E-state index < -0.39 is 5.97 Å². The Balaban J connectivity index is 1.62. The summed E-state index contributed by atoms with van der Waals surface area (Å²) in [6.07, 6.45) is 5.21. The first-order valence-electron chi connectivity index (χ1n) is 8.81. The third-order valence-electron chi connectivity index (χ3n) is 4.30. The summed E-state index contributed by atoms with van der Waals surface area (Å²) in [6.45, 7) is 5.87. The van der Waals surface area contributed by atoms with Crippen molar-refractivity contribution in [3.8, 4) is 5.75 Å². The molecule has 0 bridgehead atoms. The molecule has 4 heteroatoms. The van der Waals surface area contributed by atoms with Gasteiger partial charge in [0.15, 0.2) is 0 Å². The summed E-state index contributed by atoms with van der Waals surface area (Å²) in [7, 11) is 0. The van der Waals surface area contributed by atoms with E-state index in [2.05, 4.69) is 5.32 Å². The van der Waals surface area contributed by atoms with Gasteiger partial charge in [-0.3, -0.25) is 4.79 Å². The fourth-order valence-corrected chi connectivity index (χ4v) is 2.87. The Morgan fingerprint density at radius 3 is 2.23 bits per heavy atom.